The maximum Gasteiger partial charge on any atom is 0.433 e. The summed E-state index contributed by atoms with van der Waals surface area (Å²) in [4.78, 5) is 21.7. The Morgan fingerprint density at radius 1 is 1.04 bits per heavy atom. The van der Waals surface area contributed by atoms with Gasteiger partial charge in [0.25, 0.3) is 5.91 Å². The first-order valence-corrected chi connectivity index (χ1v) is 7.70. The van der Waals surface area contributed by atoms with Gasteiger partial charge in [-0.1, -0.05) is 0 Å². The number of carbonyl (C=O) groups is 1. The largest absolute Gasteiger partial charge is 0.433 e. The number of hydrogen-bond acceptors (Lipinski definition) is 5. The van der Waals surface area contributed by atoms with Crippen molar-refractivity contribution < 1.29 is 18.0 Å². The van der Waals surface area contributed by atoms with Gasteiger partial charge >= 0.3 is 6.18 Å². The molecule has 0 atom stereocenters. The Balaban J connectivity index is 0.00000182. The van der Waals surface area contributed by atoms with Crippen LogP contribution in [0, 0.1) is 0 Å². The lowest BCUT2D eigenvalue weighted by Gasteiger charge is -2.29. The van der Waals surface area contributed by atoms with Crippen molar-refractivity contribution in [2.24, 2.45) is 0 Å². The van der Waals surface area contributed by atoms with Crippen molar-refractivity contribution in [3.8, 4) is 0 Å². The SMILES string of the molecule is Cl.Cl.O=C(Nc1ccc(N2CCNCC2)cn1)c1ccc(C(F)(F)F)nc1. The number of hydrogen-bond donors (Lipinski definition) is 2. The first kappa shape index (κ1) is 22.9. The Hall–Kier alpha value is -2.10. The van der Waals surface area contributed by atoms with E-state index < -0.39 is 17.8 Å². The van der Waals surface area contributed by atoms with E-state index in [0.717, 1.165) is 50.2 Å². The monoisotopic (exact) mass is 423 g/mol. The number of anilines is 2. The van der Waals surface area contributed by atoms with Gasteiger partial charge in [-0.3, -0.25) is 9.78 Å². The highest BCUT2D eigenvalue weighted by Gasteiger charge is 2.32. The fourth-order valence-corrected chi connectivity index (χ4v) is 2.45. The summed E-state index contributed by atoms with van der Waals surface area (Å²) in [7, 11) is 0. The zero-order valence-corrected chi connectivity index (χ0v) is 15.6. The molecule has 2 aromatic heterocycles. The van der Waals surface area contributed by atoms with Crippen LogP contribution in [-0.4, -0.2) is 42.1 Å². The van der Waals surface area contributed by atoms with Crippen LogP contribution >= 0.6 is 24.8 Å². The third-order valence-corrected chi connectivity index (χ3v) is 3.79. The number of carbonyl (C=O) groups excluding carboxylic acids is 1. The highest BCUT2D eigenvalue weighted by atomic mass is 35.5. The third kappa shape index (κ3) is 5.95. The molecule has 3 rings (SSSR count). The van der Waals surface area contributed by atoms with Crippen LogP contribution in [0.3, 0.4) is 0 Å². The normalized spacial score (nSPS) is 14.0. The lowest BCUT2D eigenvalue weighted by molar-refractivity contribution is -0.141. The molecule has 3 heterocycles. The highest BCUT2D eigenvalue weighted by Crippen LogP contribution is 2.27. The lowest BCUT2D eigenvalue weighted by atomic mass is 10.2. The van der Waals surface area contributed by atoms with Crippen molar-refractivity contribution in [3.05, 3.63) is 47.9 Å². The Labute approximate surface area is 166 Å². The van der Waals surface area contributed by atoms with Gasteiger partial charge in [-0.2, -0.15) is 13.2 Å². The molecule has 0 saturated carbocycles. The average Bonchev–Trinajstić information content (AvgIpc) is 2.62. The Morgan fingerprint density at radius 2 is 1.74 bits per heavy atom. The molecule has 11 heteroatoms. The van der Waals surface area contributed by atoms with E-state index in [4.69, 9.17) is 0 Å². The van der Waals surface area contributed by atoms with Crippen LogP contribution in [0.15, 0.2) is 36.7 Å². The van der Waals surface area contributed by atoms with Gasteiger partial charge in [0.05, 0.1) is 17.4 Å². The first-order chi connectivity index (χ1) is 11.9. The number of pyridine rings is 2. The zero-order chi connectivity index (χ0) is 17.9. The van der Waals surface area contributed by atoms with Crippen molar-refractivity contribution in [1.82, 2.24) is 15.3 Å². The Morgan fingerprint density at radius 3 is 2.26 bits per heavy atom. The molecule has 0 aromatic carbocycles. The van der Waals surface area contributed by atoms with Crippen LogP contribution in [-0.2, 0) is 6.18 Å². The maximum atomic E-state index is 12.5. The van der Waals surface area contributed by atoms with Gasteiger partial charge in [-0.25, -0.2) is 4.98 Å². The van der Waals surface area contributed by atoms with Gasteiger partial charge in [-0.15, -0.1) is 24.8 Å². The number of amides is 1. The maximum absolute atomic E-state index is 12.5. The number of piperazine rings is 1. The summed E-state index contributed by atoms with van der Waals surface area (Å²) in [6, 6.07) is 5.36. The smallest absolute Gasteiger partial charge is 0.368 e. The summed E-state index contributed by atoms with van der Waals surface area (Å²) in [6.45, 7) is 3.56. The first-order valence-electron chi connectivity index (χ1n) is 7.70. The molecule has 148 valence electrons. The van der Waals surface area contributed by atoms with E-state index in [2.05, 4.69) is 25.5 Å². The van der Waals surface area contributed by atoms with Crippen LogP contribution in [0.2, 0.25) is 0 Å². The summed E-state index contributed by atoms with van der Waals surface area (Å²) in [5, 5.41) is 5.80. The van der Waals surface area contributed by atoms with Crippen LogP contribution in [0.4, 0.5) is 24.7 Å². The summed E-state index contributed by atoms with van der Waals surface area (Å²) < 4.78 is 37.4. The summed E-state index contributed by atoms with van der Waals surface area (Å²) in [6.07, 6.45) is -1.98. The molecule has 0 aliphatic carbocycles. The number of halogens is 5. The van der Waals surface area contributed by atoms with E-state index in [-0.39, 0.29) is 30.4 Å². The number of nitrogens with one attached hydrogen (secondary N) is 2. The van der Waals surface area contributed by atoms with Crippen LogP contribution in [0.1, 0.15) is 16.1 Å². The summed E-state index contributed by atoms with van der Waals surface area (Å²) >= 11 is 0. The molecule has 2 aromatic rings. The summed E-state index contributed by atoms with van der Waals surface area (Å²) in [5.74, 6) is -0.243. The molecule has 6 nitrogen and oxygen atoms in total. The van der Waals surface area contributed by atoms with Crippen LogP contribution in [0.5, 0.6) is 0 Å². The Kier molecular flexibility index (Phi) is 8.26. The van der Waals surface area contributed by atoms with Gasteiger partial charge in [0.15, 0.2) is 0 Å². The summed E-state index contributed by atoms with van der Waals surface area (Å²) in [5.41, 5.74) is -0.0563. The van der Waals surface area contributed by atoms with Gasteiger partial charge in [0, 0.05) is 32.4 Å². The van der Waals surface area contributed by atoms with Gasteiger partial charge in [0.1, 0.15) is 11.5 Å². The highest BCUT2D eigenvalue weighted by molar-refractivity contribution is 6.03. The number of aromatic nitrogens is 2. The Bertz CT molecular complexity index is 735. The van der Waals surface area contributed by atoms with Gasteiger partial charge in [-0.05, 0) is 24.3 Å². The van der Waals surface area contributed by atoms with E-state index >= 15 is 0 Å². The van der Waals surface area contributed by atoms with Gasteiger partial charge in [0.2, 0.25) is 0 Å². The molecule has 2 N–H and O–H groups in total. The minimum atomic E-state index is -4.53. The fraction of sp³-hybridized carbons (Fsp3) is 0.312. The lowest BCUT2D eigenvalue weighted by Crippen LogP contribution is -2.43. The van der Waals surface area contributed by atoms with Crippen LogP contribution in [0.25, 0.3) is 0 Å². The number of alkyl halides is 3. The molecule has 0 radical (unpaired) electrons. The zero-order valence-electron chi connectivity index (χ0n) is 14.0. The van der Waals surface area contributed by atoms with E-state index in [1.807, 2.05) is 6.07 Å². The standard InChI is InChI=1S/C16H16F3N5O.2ClH/c17-16(18,19)13-3-1-11(9-21-13)15(25)23-14-4-2-12(10-22-14)24-7-5-20-6-8-24;;/h1-4,9-10,20H,5-8H2,(H,22,23,25);2*1H. The molecule has 27 heavy (non-hydrogen) atoms. The minimum absolute atomic E-state index is 0. The van der Waals surface area contributed by atoms with Crippen molar-refractivity contribution >= 4 is 42.2 Å². The second kappa shape index (κ2) is 9.72. The predicted molar refractivity (Wildman–Crippen MR) is 101 cm³/mol. The topological polar surface area (TPSA) is 70.2 Å². The molecular weight excluding hydrogens is 406 g/mol. The number of rotatable bonds is 3. The third-order valence-electron chi connectivity index (χ3n) is 3.79. The molecule has 1 aliphatic rings. The quantitative estimate of drug-likeness (QED) is 0.793. The van der Waals surface area contributed by atoms with E-state index in [0.29, 0.717) is 5.82 Å². The number of nitrogens with zero attached hydrogens (tertiary/aromatic N) is 3. The van der Waals surface area contributed by atoms with E-state index in [1.54, 1.807) is 12.3 Å². The molecule has 1 amide bonds. The molecule has 1 aliphatic heterocycles. The van der Waals surface area contributed by atoms with Gasteiger partial charge < -0.3 is 15.5 Å². The molecular formula is C16H18Cl2F3N5O. The fourth-order valence-electron chi connectivity index (χ4n) is 2.45. The second-order valence-electron chi connectivity index (χ2n) is 5.52. The molecule has 1 fully saturated rings. The van der Waals surface area contributed by atoms with Crippen molar-refractivity contribution in [2.75, 3.05) is 36.4 Å². The van der Waals surface area contributed by atoms with Crippen LogP contribution < -0.4 is 15.5 Å². The van der Waals surface area contributed by atoms with Crippen molar-refractivity contribution in [2.45, 2.75) is 6.18 Å². The molecule has 0 bridgehead atoms. The second-order valence-corrected chi connectivity index (χ2v) is 5.52. The molecule has 1 saturated heterocycles. The minimum Gasteiger partial charge on any atom is -0.368 e. The van der Waals surface area contributed by atoms with E-state index in [1.165, 1.54) is 0 Å². The van der Waals surface area contributed by atoms with Crippen molar-refractivity contribution in [1.29, 1.82) is 0 Å². The van der Waals surface area contributed by atoms with E-state index in [9.17, 15) is 18.0 Å². The van der Waals surface area contributed by atoms with Crippen molar-refractivity contribution in [3.63, 3.8) is 0 Å². The molecule has 0 unspecified atom stereocenters. The molecule has 0 spiro atoms. The average molecular weight is 424 g/mol. The predicted octanol–water partition coefficient (Wildman–Crippen LogP) is 3.00.